The molecule has 23 heavy (non-hydrogen) atoms. The Bertz CT molecular complexity index is 824. The van der Waals surface area contributed by atoms with Crippen LogP contribution in [0.4, 0.5) is 0 Å². The van der Waals surface area contributed by atoms with Gasteiger partial charge in [-0.2, -0.15) is 0 Å². The molecule has 1 heterocycles. The van der Waals surface area contributed by atoms with E-state index in [1.165, 1.54) is 28.4 Å². The van der Waals surface area contributed by atoms with Gasteiger partial charge in [0.2, 0.25) is 0 Å². The molecule has 0 saturated carbocycles. The number of benzene rings is 1. The van der Waals surface area contributed by atoms with Crippen molar-refractivity contribution in [3.8, 4) is 0 Å². The summed E-state index contributed by atoms with van der Waals surface area (Å²) in [5, 5.41) is 2.86. The lowest BCUT2D eigenvalue weighted by atomic mass is 9.70. The van der Waals surface area contributed by atoms with Gasteiger partial charge in [0, 0.05) is 18.3 Å². The van der Waals surface area contributed by atoms with Crippen molar-refractivity contribution in [2.45, 2.75) is 58.9 Å². The van der Waals surface area contributed by atoms with Crippen LogP contribution >= 0.6 is 0 Å². The Morgan fingerprint density at radius 2 is 2.04 bits per heavy atom. The fourth-order valence-corrected chi connectivity index (χ4v) is 3.96. The summed E-state index contributed by atoms with van der Waals surface area (Å²) in [6.07, 6.45) is 4.91. The van der Waals surface area contributed by atoms with Crippen molar-refractivity contribution in [1.29, 1.82) is 0 Å². The number of ketones is 1. The highest BCUT2D eigenvalue weighted by molar-refractivity contribution is 6.09. The topological polar surface area (TPSA) is 54.9 Å². The molecule has 1 aromatic carbocycles. The van der Waals surface area contributed by atoms with Crippen LogP contribution in [0.5, 0.6) is 0 Å². The van der Waals surface area contributed by atoms with Gasteiger partial charge < -0.3 is 5.10 Å². The van der Waals surface area contributed by atoms with Crippen molar-refractivity contribution in [2.75, 3.05) is 0 Å². The summed E-state index contributed by atoms with van der Waals surface area (Å²) in [5.74, 6) is -0.180. The third-order valence-electron chi connectivity index (χ3n) is 5.12. The van der Waals surface area contributed by atoms with Gasteiger partial charge in [-0.1, -0.05) is 26.0 Å². The molecule has 2 aromatic rings. The van der Waals surface area contributed by atoms with E-state index in [9.17, 15) is 9.59 Å². The Hall–Kier alpha value is -2.10. The minimum atomic E-state index is -0.242. The first-order chi connectivity index (χ1) is 10.9. The predicted octanol–water partition coefficient (Wildman–Crippen LogP) is 3.35. The molecule has 0 fully saturated rings. The normalized spacial score (nSPS) is 16.2. The van der Waals surface area contributed by atoms with Gasteiger partial charge in [0.1, 0.15) is 5.56 Å². The van der Waals surface area contributed by atoms with E-state index in [1.807, 2.05) is 19.9 Å². The van der Waals surface area contributed by atoms with Crippen LogP contribution in [0.2, 0.25) is 0 Å². The number of rotatable bonds is 3. The van der Waals surface area contributed by atoms with Crippen LogP contribution in [0.3, 0.4) is 0 Å². The fourth-order valence-electron chi connectivity index (χ4n) is 3.96. The lowest BCUT2D eigenvalue weighted by Crippen LogP contribution is -2.27. The summed E-state index contributed by atoms with van der Waals surface area (Å²) in [5.41, 5.74) is 4.38. The molecule has 1 N–H and O–H groups in total. The number of nitrogens with one attached hydrogen (secondary N) is 1. The molecule has 0 aliphatic heterocycles. The van der Waals surface area contributed by atoms with Gasteiger partial charge in [-0.25, -0.2) is 0 Å². The van der Waals surface area contributed by atoms with E-state index in [0.29, 0.717) is 12.1 Å². The zero-order valence-corrected chi connectivity index (χ0v) is 14.3. The van der Waals surface area contributed by atoms with Crippen LogP contribution in [0.25, 0.3) is 0 Å². The second kappa shape index (κ2) is 5.52. The predicted molar refractivity (Wildman–Crippen MR) is 91.3 cm³/mol. The molecule has 1 aromatic heterocycles. The summed E-state index contributed by atoms with van der Waals surface area (Å²) in [4.78, 5) is 25.1. The van der Waals surface area contributed by atoms with Gasteiger partial charge in [-0.3, -0.25) is 14.3 Å². The molecule has 0 unspecified atom stereocenters. The Balaban J connectivity index is 2.12. The van der Waals surface area contributed by atoms with Crippen LogP contribution in [-0.4, -0.2) is 15.6 Å². The molecule has 122 valence electrons. The van der Waals surface area contributed by atoms with Gasteiger partial charge in [-0.05, 0) is 55.2 Å². The largest absolute Gasteiger partial charge is 0.302 e. The average molecular weight is 312 g/mol. The van der Waals surface area contributed by atoms with Crippen LogP contribution in [-0.2, 0) is 18.4 Å². The maximum atomic E-state index is 12.9. The molecular formula is C19H24N2O2. The lowest BCUT2D eigenvalue weighted by molar-refractivity contribution is 0.103. The summed E-state index contributed by atoms with van der Waals surface area (Å²) in [7, 11) is 0. The number of nitrogens with zero attached hydrogens (tertiary/aromatic N) is 1. The summed E-state index contributed by atoms with van der Waals surface area (Å²) in [6.45, 7) is 8.91. The smallest absolute Gasteiger partial charge is 0.277 e. The monoisotopic (exact) mass is 312 g/mol. The van der Waals surface area contributed by atoms with Crippen molar-refractivity contribution < 1.29 is 4.79 Å². The second-order valence-electron chi connectivity index (χ2n) is 7.08. The minimum absolute atomic E-state index is 0.0791. The highest BCUT2D eigenvalue weighted by Gasteiger charge is 2.31. The standard InChI is InChI=1S/C19H24N2O2/c1-5-21-18(23)15(11-20-21)17(22)14-9-8-13-7-6-10-19(3,4)16(13)12(14)2/h8-9,11,20H,5-7,10H2,1-4H3. The Morgan fingerprint density at radius 1 is 1.30 bits per heavy atom. The van der Waals surface area contributed by atoms with Crippen molar-refractivity contribution in [3.05, 3.63) is 56.5 Å². The fraction of sp³-hybridized carbons (Fsp3) is 0.474. The number of aryl methyl sites for hydroxylation is 2. The highest BCUT2D eigenvalue weighted by atomic mass is 16.2. The van der Waals surface area contributed by atoms with E-state index in [4.69, 9.17) is 0 Å². The SMILES string of the molecule is CCn1[nH]cc(C(=O)c2ccc3c(c2C)C(C)(C)CCC3)c1=O. The number of fused-ring (bicyclic) bond motifs is 1. The maximum absolute atomic E-state index is 12.9. The van der Waals surface area contributed by atoms with E-state index >= 15 is 0 Å². The van der Waals surface area contributed by atoms with Gasteiger partial charge >= 0.3 is 0 Å². The van der Waals surface area contributed by atoms with Crippen LogP contribution < -0.4 is 5.56 Å². The third-order valence-corrected chi connectivity index (χ3v) is 5.12. The molecule has 0 bridgehead atoms. The Labute approximate surface area is 136 Å². The van der Waals surface area contributed by atoms with E-state index in [2.05, 4.69) is 25.0 Å². The molecule has 1 aliphatic rings. The first kappa shape index (κ1) is 15.8. The minimum Gasteiger partial charge on any atom is -0.302 e. The summed E-state index contributed by atoms with van der Waals surface area (Å²) in [6, 6.07) is 3.96. The lowest BCUT2D eigenvalue weighted by Gasteiger charge is -2.34. The van der Waals surface area contributed by atoms with E-state index in [-0.39, 0.29) is 22.3 Å². The molecule has 4 nitrogen and oxygen atoms in total. The van der Waals surface area contributed by atoms with Gasteiger partial charge in [0.05, 0.1) is 0 Å². The number of aromatic nitrogens is 2. The van der Waals surface area contributed by atoms with Crippen molar-refractivity contribution in [3.63, 3.8) is 0 Å². The number of hydrogen-bond acceptors (Lipinski definition) is 2. The van der Waals surface area contributed by atoms with E-state index < -0.39 is 0 Å². The van der Waals surface area contributed by atoms with Crippen LogP contribution in [0.15, 0.2) is 23.1 Å². The molecule has 0 radical (unpaired) electrons. The number of H-pyrrole nitrogens is 1. The van der Waals surface area contributed by atoms with Gasteiger partial charge in [0.15, 0.2) is 5.78 Å². The second-order valence-corrected chi connectivity index (χ2v) is 7.08. The molecule has 0 amide bonds. The number of hydrogen-bond donors (Lipinski definition) is 1. The molecular weight excluding hydrogens is 288 g/mol. The molecule has 0 atom stereocenters. The Morgan fingerprint density at radius 3 is 2.70 bits per heavy atom. The maximum Gasteiger partial charge on any atom is 0.277 e. The van der Waals surface area contributed by atoms with E-state index in [0.717, 1.165) is 18.4 Å². The van der Waals surface area contributed by atoms with Crippen molar-refractivity contribution in [2.24, 2.45) is 0 Å². The van der Waals surface area contributed by atoms with Gasteiger partial charge in [0.25, 0.3) is 5.56 Å². The van der Waals surface area contributed by atoms with Crippen molar-refractivity contribution in [1.82, 2.24) is 9.78 Å². The number of aromatic amines is 1. The van der Waals surface area contributed by atoms with E-state index in [1.54, 1.807) is 0 Å². The highest BCUT2D eigenvalue weighted by Crippen LogP contribution is 2.39. The zero-order valence-electron chi connectivity index (χ0n) is 14.3. The van der Waals surface area contributed by atoms with Crippen LogP contribution in [0.1, 0.15) is 66.2 Å². The third kappa shape index (κ3) is 2.46. The molecule has 0 saturated heterocycles. The molecule has 4 heteroatoms. The zero-order chi connectivity index (χ0) is 16.8. The number of carbonyl (C=O) groups is 1. The summed E-state index contributed by atoms with van der Waals surface area (Å²) < 4.78 is 1.45. The molecule has 3 rings (SSSR count). The first-order valence-electron chi connectivity index (χ1n) is 8.32. The van der Waals surface area contributed by atoms with Gasteiger partial charge in [-0.15, -0.1) is 0 Å². The van der Waals surface area contributed by atoms with Crippen LogP contribution in [0, 0.1) is 6.92 Å². The number of carbonyl (C=O) groups excluding carboxylic acids is 1. The molecule has 1 aliphatic carbocycles. The average Bonchev–Trinajstić information content (AvgIpc) is 2.87. The summed E-state index contributed by atoms with van der Waals surface area (Å²) >= 11 is 0. The molecule has 0 spiro atoms. The quantitative estimate of drug-likeness (QED) is 0.884. The first-order valence-corrected chi connectivity index (χ1v) is 8.32. The Kier molecular flexibility index (Phi) is 3.78. The van der Waals surface area contributed by atoms with Crippen molar-refractivity contribution >= 4 is 5.78 Å².